The van der Waals surface area contributed by atoms with Crippen molar-refractivity contribution < 1.29 is 19.0 Å². The van der Waals surface area contributed by atoms with Gasteiger partial charge in [-0.05, 0) is 61.7 Å². The summed E-state index contributed by atoms with van der Waals surface area (Å²) in [7, 11) is 3.26. The van der Waals surface area contributed by atoms with E-state index in [-0.39, 0.29) is 5.91 Å². The average Bonchev–Trinajstić information content (AvgIpc) is 2.65. The molecule has 0 fully saturated rings. The van der Waals surface area contributed by atoms with Gasteiger partial charge in [0.05, 0.1) is 14.2 Å². The Morgan fingerprint density at radius 1 is 1.00 bits per heavy atom. The molecule has 2 aromatic carbocycles. The molecule has 0 unspecified atom stereocenters. The molecule has 5 nitrogen and oxygen atoms in total. The van der Waals surface area contributed by atoms with Gasteiger partial charge in [-0.3, -0.25) is 4.79 Å². The molecule has 1 atom stereocenters. The highest BCUT2D eigenvalue weighted by Gasteiger charge is 2.13. The standard InChI is InChI=1S/C20H25NO4/c1-15(25-18-11-9-17(23-2)10-12-18)20(22)21-13-5-7-16-6-4-8-19(14-16)24-3/h4,6,8-12,14-15H,5,7,13H2,1-3H3,(H,21,22)/t15-/m0/s1. The highest BCUT2D eigenvalue weighted by molar-refractivity contribution is 5.80. The first-order valence-corrected chi connectivity index (χ1v) is 8.33. The molecule has 0 bridgehead atoms. The second-order valence-corrected chi connectivity index (χ2v) is 5.68. The lowest BCUT2D eigenvalue weighted by Crippen LogP contribution is -2.36. The Balaban J connectivity index is 1.71. The third-order valence-electron chi connectivity index (χ3n) is 3.82. The van der Waals surface area contributed by atoms with Crippen molar-refractivity contribution in [3.8, 4) is 17.2 Å². The van der Waals surface area contributed by atoms with E-state index in [0.717, 1.165) is 24.3 Å². The van der Waals surface area contributed by atoms with Crippen LogP contribution in [0.1, 0.15) is 18.9 Å². The van der Waals surface area contributed by atoms with Crippen LogP contribution < -0.4 is 19.5 Å². The van der Waals surface area contributed by atoms with Crippen molar-refractivity contribution in [2.75, 3.05) is 20.8 Å². The van der Waals surface area contributed by atoms with Crippen molar-refractivity contribution in [1.82, 2.24) is 5.32 Å². The highest BCUT2D eigenvalue weighted by Crippen LogP contribution is 2.18. The number of hydrogen-bond acceptors (Lipinski definition) is 4. The van der Waals surface area contributed by atoms with Crippen molar-refractivity contribution >= 4 is 5.91 Å². The zero-order chi connectivity index (χ0) is 18.1. The normalized spacial score (nSPS) is 11.5. The lowest BCUT2D eigenvalue weighted by atomic mass is 10.1. The van der Waals surface area contributed by atoms with Crippen LogP contribution in [0.3, 0.4) is 0 Å². The molecule has 0 heterocycles. The number of benzene rings is 2. The maximum absolute atomic E-state index is 12.1. The number of amides is 1. The molecular weight excluding hydrogens is 318 g/mol. The van der Waals surface area contributed by atoms with Gasteiger partial charge in [0.15, 0.2) is 6.10 Å². The van der Waals surface area contributed by atoms with Crippen molar-refractivity contribution in [3.63, 3.8) is 0 Å². The van der Waals surface area contributed by atoms with Crippen molar-refractivity contribution in [2.45, 2.75) is 25.9 Å². The fourth-order valence-corrected chi connectivity index (χ4v) is 2.39. The summed E-state index contributed by atoms with van der Waals surface area (Å²) in [5.41, 5.74) is 1.19. The van der Waals surface area contributed by atoms with Crippen LogP contribution in [-0.2, 0) is 11.2 Å². The van der Waals surface area contributed by atoms with Crippen molar-refractivity contribution in [2.24, 2.45) is 0 Å². The predicted octanol–water partition coefficient (Wildman–Crippen LogP) is 3.22. The zero-order valence-electron chi connectivity index (χ0n) is 15.0. The van der Waals surface area contributed by atoms with E-state index in [1.807, 2.05) is 18.2 Å². The number of carbonyl (C=O) groups is 1. The van der Waals surface area contributed by atoms with Gasteiger partial charge < -0.3 is 19.5 Å². The molecule has 0 aromatic heterocycles. The molecule has 2 rings (SSSR count). The molecular formula is C20H25NO4. The van der Waals surface area contributed by atoms with Gasteiger partial charge in [0.1, 0.15) is 17.2 Å². The predicted molar refractivity (Wildman–Crippen MR) is 97.4 cm³/mol. The molecule has 5 heteroatoms. The number of nitrogens with one attached hydrogen (secondary N) is 1. The third-order valence-corrected chi connectivity index (χ3v) is 3.82. The Labute approximate surface area is 148 Å². The first kappa shape index (κ1) is 18.6. The summed E-state index contributed by atoms with van der Waals surface area (Å²) >= 11 is 0. The molecule has 0 radical (unpaired) electrons. The van der Waals surface area contributed by atoms with E-state index in [1.165, 1.54) is 5.56 Å². The zero-order valence-corrected chi connectivity index (χ0v) is 15.0. The van der Waals surface area contributed by atoms with Crippen LogP contribution in [0.4, 0.5) is 0 Å². The van der Waals surface area contributed by atoms with Gasteiger partial charge in [-0.15, -0.1) is 0 Å². The monoisotopic (exact) mass is 343 g/mol. The number of carbonyl (C=O) groups excluding carboxylic acids is 1. The minimum absolute atomic E-state index is 0.124. The van der Waals surface area contributed by atoms with Crippen LogP contribution in [0.25, 0.3) is 0 Å². The van der Waals surface area contributed by atoms with Gasteiger partial charge in [0, 0.05) is 6.54 Å². The maximum atomic E-state index is 12.1. The molecule has 0 saturated carbocycles. The Morgan fingerprint density at radius 2 is 1.68 bits per heavy atom. The van der Waals surface area contributed by atoms with Crippen LogP contribution >= 0.6 is 0 Å². The number of rotatable bonds is 9. The van der Waals surface area contributed by atoms with E-state index in [1.54, 1.807) is 45.4 Å². The number of hydrogen-bond donors (Lipinski definition) is 1. The summed E-state index contributed by atoms with van der Waals surface area (Å²) in [6.07, 6.45) is 1.18. The van der Waals surface area contributed by atoms with Crippen LogP contribution in [-0.4, -0.2) is 32.8 Å². The summed E-state index contributed by atoms with van der Waals surface area (Å²) in [5.74, 6) is 2.12. The number of methoxy groups -OCH3 is 2. The largest absolute Gasteiger partial charge is 0.497 e. The van der Waals surface area contributed by atoms with Crippen LogP contribution in [0.5, 0.6) is 17.2 Å². The molecule has 1 N–H and O–H groups in total. The third kappa shape index (κ3) is 6.03. The summed E-state index contributed by atoms with van der Waals surface area (Å²) in [6.45, 7) is 2.34. The van der Waals surface area contributed by atoms with Gasteiger partial charge in [-0.1, -0.05) is 12.1 Å². The summed E-state index contributed by atoms with van der Waals surface area (Å²) in [5, 5.41) is 2.90. The van der Waals surface area contributed by atoms with Gasteiger partial charge in [0.2, 0.25) is 0 Å². The molecule has 0 saturated heterocycles. The average molecular weight is 343 g/mol. The topological polar surface area (TPSA) is 56.8 Å². The molecule has 2 aromatic rings. The van der Waals surface area contributed by atoms with Gasteiger partial charge >= 0.3 is 0 Å². The number of aryl methyl sites for hydroxylation is 1. The van der Waals surface area contributed by atoms with E-state index in [2.05, 4.69) is 11.4 Å². The molecule has 134 valence electrons. The molecule has 0 spiro atoms. The molecule has 1 amide bonds. The second kappa shape index (κ2) is 9.57. The Kier molecular flexibility index (Phi) is 7.14. The minimum Gasteiger partial charge on any atom is -0.497 e. The fraction of sp³-hybridized carbons (Fsp3) is 0.350. The van der Waals surface area contributed by atoms with Crippen molar-refractivity contribution in [3.05, 3.63) is 54.1 Å². The second-order valence-electron chi connectivity index (χ2n) is 5.68. The van der Waals surface area contributed by atoms with Gasteiger partial charge in [0.25, 0.3) is 5.91 Å². The Morgan fingerprint density at radius 3 is 2.36 bits per heavy atom. The molecule has 0 aliphatic carbocycles. The van der Waals surface area contributed by atoms with E-state index in [4.69, 9.17) is 14.2 Å². The van der Waals surface area contributed by atoms with E-state index in [9.17, 15) is 4.79 Å². The van der Waals surface area contributed by atoms with Crippen molar-refractivity contribution in [1.29, 1.82) is 0 Å². The highest BCUT2D eigenvalue weighted by atomic mass is 16.5. The lowest BCUT2D eigenvalue weighted by molar-refractivity contribution is -0.127. The summed E-state index contributed by atoms with van der Waals surface area (Å²) < 4.78 is 15.9. The fourth-order valence-electron chi connectivity index (χ4n) is 2.39. The summed E-state index contributed by atoms with van der Waals surface area (Å²) in [6, 6.07) is 15.1. The molecule has 0 aliphatic heterocycles. The lowest BCUT2D eigenvalue weighted by Gasteiger charge is -2.15. The Hall–Kier alpha value is -2.69. The van der Waals surface area contributed by atoms with E-state index >= 15 is 0 Å². The van der Waals surface area contributed by atoms with E-state index in [0.29, 0.717) is 12.3 Å². The molecule has 25 heavy (non-hydrogen) atoms. The smallest absolute Gasteiger partial charge is 0.260 e. The SMILES string of the molecule is COc1ccc(O[C@@H](C)C(=O)NCCCc2cccc(OC)c2)cc1. The quantitative estimate of drug-likeness (QED) is 0.710. The Bertz CT molecular complexity index is 670. The first-order valence-electron chi connectivity index (χ1n) is 8.33. The maximum Gasteiger partial charge on any atom is 0.260 e. The van der Waals surface area contributed by atoms with Crippen LogP contribution in [0.2, 0.25) is 0 Å². The van der Waals surface area contributed by atoms with Crippen LogP contribution in [0, 0.1) is 0 Å². The van der Waals surface area contributed by atoms with Crippen LogP contribution in [0.15, 0.2) is 48.5 Å². The number of ether oxygens (including phenoxy) is 3. The molecule has 0 aliphatic rings. The van der Waals surface area contributed by atoms with E-state index < -0.39 is 6.10 Å². The summed E-state index contributed by atoms with van der Waals surface area (Å²) in [4.78, 5) is 12.1. The van der Waals surface area contributed by atoms with Gasteiger partial charge in [-0.2, -0.15) is 0 Å². The van der Waals surface area contributed by atoms with Gasteiger partial charge in [-0.25, -0.2) is 0 Å². The minimum atomic E-state index is -0.551. The first-order chi connectivity index (χ1) is 12.1.